The molecular formula is C18H18N4O3. The van der Waals surface area contributed by atoms with Crippen molar-refractivity contribution in [1.29, 1.82) is 0 Å². The average molecular weight is 338 g/mol. The lowest BCUT2D eigenvalue weighted by Crippen LogP contribution is -2.37. The molecule has 1 atom stereocenters. The minimum absolute atomic E-state index is 0.156. The maximum Gasteiger partial charge on any atom is 0.266 e. The van der Waals surface area contributed by atoms with Gasteiger partial charge in [0.05, 0.1) is 0 Å². The Kier molecular flexibility index (Phi) is 3.56. The average Bonchev–Trinajstić information content (AvgIpc) is 3.17. The molecule has 0 spiro atoms. The highest BCUT2D eigenvalue weighted by Crippen LogP contribution is 2.28. The second-order valence-electron chi connectivity index (χ2n) is 6.21. The number of para-hydroxylation sites is 1. The van der Waals surface area contributed by atoms with E-state index >= 15 is 0 Å². The number of nitrogens with one attached hydrogen (secondary N) is 2. The molecule has 1 aliphatic rings. The van der Waals surface area contributed by atoms with Crippen molar-refractivity contribution in [3.63, 3.8) is 0 Å². The minimum atomic E-state index is -0.513. The van der Waals surface area contributed by atoms with Gasteiger partial charge < -0.3 is 10.1 Å². The Balaban J connectivity index is 1.51. The van der Waals surface area contributed by atoms with Gasteiger partial charge in [-0.15, -0.1) is 0 Å². The van der Waals surface area contributed by atoms with Crippen LogP contribution in [0.3, 0.4) is 0 Å². The van der Waals surface area contributed by atoms with Crippen LogP contribution in [-0.4, -0.2) is 26.6 Å². The topological polar surface area (TPSA) is 88.5 Å². The number of amides is 1. The van der Waals surface area contributed by atoms with E-state index in [0.29, 0.717) is 18.6 Å². The van der Waals surface area contributed by atoms with Gasteiger partial charge in [0.2, 0.25) is 0 Å². The molecule has 0 fully saturated rings. The van der Waals surface area contributed by atoms with Gasteiger partial charge in [-0.3, -0.25) is 14.7 Å². The highest BCUT2D eigenvalue weighted by molar-refractivity contribution is 5.82. The van der Waals surface area contributed by atoms with Crippen LogP contribution < -0.4 is 15.6 Å². The molecule has 4 rings (SSSR count). The minimum Gasteiger partial charge on any atom is -0.480 e. The Morgan fingerprint density at radius 1 is 1.40 bits per heavy atom. The van der Waals surface area contributed by atoms with E-state index in [1.807, 2.05) is 38.1 Å². The predicted molar refractivity (Wildman–Crippen MR) is 91.7 cm³/mol. The molecule has 7 heteroatoms. The number of ether oxygens (including phenoxy) is 1. The van der Waals surface area contributed by atoms with Crippen molar-refractivity contribution in [1.82, 2.24) is 19.9 Å². The van der Waals surface area contributed by atoms with Crippen molar-refractivity contribution in [2.75, 3.05) is 0 Å². The third kappa shape index (κ3) is 2.67. The Bertz CT molecular complexity index is 1010. The molecule has 1 amide bonds. The van der Waals surface area contributed by atoms with Crippen LogP contribution in [0.1, 0.15) is 22.5 Å². The number of fused-ring (bicyclic) bond motifs is 2. The van der Waals surface area contributed by atoms with Gasteiger partial charge >= 0.3 is 0 Å². The second-order valence-corrected chi connectivity index (χ2v) is 6.21. The largest absolute Gasteiger partial charge is 0.480 e. The highest BCUT2D eigenvalue weighted by Gasteiger charge is 2.28. The number of benzene rings is 1. The van der Waals surface area contributed by atoms with Gasteiger partial charge in [-0.1, -0.05) is 18.2 Å². The Morgan fingerprint density at radius 3 is 3.00 bits per heavy atom. The monoisotopic (exact) mass is 338 g/mol. The Morgan fingerprint density at radius 2 is 2.20 bits per heavy atom. The number of rotatable bonds is 3. The number of carbonyl (C=O) groups is 1. The maximum atomic E-state index is 12.5. The molecule has 0 saturated heterocycles. The number of H-pyrrole nitrogens is 1. The lowest BCUT2D eigenvalue weighted by atomic mass is 10.1. The lowest BCUT2D eigenvalue weighted by molar-refractivity contribution is -0.127. The molecule has 3 aromatic rings. The SMILES string of the molecule is Cc1nc2cc(=O)[nH]n2c(C)c1CNC(=O)C1Cc2ccccc2O1. The van der Waals surface area contributed by atoms with Gasteiger partial charge in [0, 0.05) is 36.0 Å². The smallest absolute Gasteiger partial charge is 0.266 e. The van der Waals surface area contributed by atoms with E-state index in [1.165, 1.54) is 6.07 Å². The number of aromatic nitrogens is 3. The highest BCUT2D eigenvalue weighted by atomic mass is 16.5. The van der Waals surface area contributed by atoms with Gasteiger partial charge in [-0.25, -0.2) is 9.50 Å². The molecular weight excluding hydrogens is 320 g/mol. The quantitative estimate of drug-likeness (QED) is 0.752. The molecule has 25 heavy (non-hydrogen) atoms. The fraction of sp³-hybridized carbons (Fsp3) is 0.278. The van der Waals surface area contributed by atoms with E-state index in [0.717, 1.165) is 28.3 Å². The van der Waals surface area contributed by atoms with Gasteiger partial charge in [0.15, 0.2) is 11.8 Å². The predicted octanol–water partition coefficient (Wildman–Crippen LogP) is 1.26. The first-order valence-electron chi connectivity index (χ1n) is 8.13. The zero-order valence-corrected chi connectivity index (χ0v) is 14.0. The van der Waals surface area contributed by atoms with Crippen LogP contribution in [0.25, 0.3) is 5.65 Å². The molecule has 0 radical (unpaired) electrons. The van der Waals surface area contributed by atoms with Crippen LogP contribution >= 0.6 is 0 Å². The van der Waals surface area contributed by atoms with Crippen molar-refractivity contribution in [2.24, 2.45) is 0 Å². The third-order valence-corrected chi connectivity index (χ3v) is 4.58. The van der Waals surface area contributed by atoms with E-state index in [-0.39, 0.29) is 11.5 Å². The van der Waals surface area contributed by atoms with E-state index in [1.54, 1.807) is 4.52 Å². The van der Waals surface area contributed by atoms with Gasteiger partial charge in [-0.2, -0.15) is 0 Å². The molecule has 1 aromatic carbocycles. The number of aryl methyl sites for hydroxylation is 2. The van der Waals surface area contributed by atoms with Crippen molar-refractivity contribution < 1.29 is 9.53 Å². The number of hydrogen-bond acceptors (Lipinski definition) is 4. The number of aromatic amines is 1. The molecule has 1 aliphatic heterocycles. The van der Waals surface area contributed by atoms with Crippen molar-refractivity contribution in [3.05, 3.63) is 63.2 Å². The van der Waals surface area contributed by atoms with E-state index in [4.69, 9.17) is 4.74 Å². The standard InChI is InChI=1S/C18H18N4O3/c1-10-13(11(2)22-16(20-10)8-17(23)21-22)9-19-18(24)15-7-12-5-3-4-6-14(12)25-15/h3-6,8,15H,7,9H2,1-2H3,(H,19,24)(H,21,23). The molecule has 128 valence electrons. The number of nitrogens with zero attached hydrogens (tertiary/aromatic N) is 2. The first-order chi connectivity index (χ1) is 12.0. The van der Waals surface area contributed by atoms with Crippen LogP contribution in [0.4, 0.5) is 0 Å². The molecule has 0 saturated carbocycles. The fourth-order valence-corrected chi connectivity index (χ4v) is 3.23. The van der Waals surface area contributed by atoms with Crippen molar-refractivity contribution in [3.8, 4) is 5.75 Å². The molecule has 3 heterocycles. The molecule has 2 aromatic heterocycles. The molecule has 2 N–H and O–H groups in total. The summed E-state index contributed by atoms with van der Waals surface area (Å²) in [5.41, 5.74) is 3.93. The maximum absolute atomic E-state index is 12.5. The molecule has 0 bridgehead atoms. The number of carbonyl (C=O) groups excluding carboxylic acids is 1. The summed E-state index contributed by atoms with van der Waals surface area (Å²) in [4.78, 5) is 28.4. The number of hydrogen-bond donors (Lipinski definition) is 2. The van der Waals surface area contributed by atoms with Gasteiger partial charge in [0.25, 0.3) is 11.5 Å². The summed E-state index contributed by atoms with van der Waals surface area (Å²) in [5.74, 6) is 0.610. The van der Waals surface area contributed by atoms with Crippen LogP contribution in [-0.2, 0) is 17.8 Å². The van der Waals surface area contributed by atoms with Crippen LogP contribution in [0, 0.1) is 13.8 Å². The van der Waals surface area contributed by atoms with Gasteiger partial charge in [-0.05, 0) is 25.5 Å². The Labute approximate surface area is 143 Å². The summed E-state index contributed by atoms with van der Waals surface area (Å²) < 4.78 is 7.35. The summed E-state index contributed by atoms with van der Waals surface area (Å²) in [6, 6.07) is 9.12. The van der Waals surface area contributed by atoms with Crippen molar-refractivity contribution in [2.45, 2.75) is 32.9 Å². The second kappa shape index (κ2) is 5.77. The van der Waals surface area contributed by atoms with E-state index < -0.39 is 6.10 Å². The molecule has 0 aliphatic carbocycles. The summed E-state index contributed by atoms with van der Waals surface area (Å²) in [7, 11) is 0. The zero-order chi connectivity index (χ0) is 17.6. The first kappa shape index (κ1) is 15.4. The van der Waals surface area contributed by atoms with Gasteiger partial charge in [0.1, 0.15) is 5.75 Å². The van der Waals surface area contributed by atoms with Crippen molar-refractivity contribution >= 4 is 11.6 Å². The fourth-order valence-electron chi connectivity index (χ4n) is 3.23. The summed E-state index contributed by atoms with van der Waals surface area (Å²) in [5, 5.41) is 5.63. The van der Waals surface area contributed by atoms with Crippen LogP contribution in [0.5, 0.6) is 5.75 Å². The van der Waals surface area contributed by atoms with E-state index in [9.17, 15) is 9.59 Å². The third-order valence-electron chi connectivity index (χ3n) is 4.58. The summed E-state index contributed by atoms with van der Waals surface area (Å²) in [6.07, 6.45) is 0.0587. The van der Waals surface area contributed by atoms with Crippen LogP contribution in [0.15, 0.2) is 35.1 Å². The summed E-state index contributed by atoms with van der Waals surface area (Å²) >= 11 is 0. The summed E-state index contributed by atoms with van der Waals surface area (Å²) in [6.45, 7) is 4.09. The first-order valence-corrected chi connectivity index (χ1v) is 8.13. The molecule has 7 nitrogen and oxygen atoms in total. The lowest BCUT2D eigenvalue weighted by Gasteiger charge is -2.14. The van der Waals surface area contributed by atoms with E-state index in [2.05, 4.69) is 15.4 Å². The Hall–Kier alpha value is -3.09. The zero-order valence-electron chi connectivity index (χ0n) is 14.0. The normalized spacial score (nSPS) is 15.8. The van der Waals surface area contributed by atoms with Crippen LogP contribution in [0.2, 0.25) is 0 Å². The molecule has 1 unspecified atom stereocenters.